The lowest BCUT2D eigenvalue weighted by Gasteiger charge is -2.31. The molecule has 0 bridgehead atoms. The van der Waals surface area contributed by atoms with Gasteiger partial charge in [-0.2, -0.15) is 0 Å². The van der Waals surface area contributed by atoms with Crippen LogP contribution in [0.25, 0.3) is 0 Å². The van der Waals surface area contributed by atoms with E-state index in [4.69, 9.17) is 4.74 Å². The molecule has 0 unspecified atom stereocenters. The van der Waals surface area contributed by atoms with E-state index < -0.39 is 5.60 Å². The van der Waals surface area contributed by atoms with E-state index in [1.165, 1.54) is 28.9 Å². The highest BCUT2D eigenvalue weighted by Gasteiger charge is 2.36. The van der Waals surface area contributed by atoms with Gasteiger partial charge in [-0.3, -0.25) is 9.59 Å². The number of nitrogens with zero attached hydrogens (tertiary/aromatic N) is 2. The summed E-state index contributed by atoms with van der Waals surface area (Å²) in [5, 5.41) is 10.7. The molecular weight excluding hydrogens is 315 g/mol. The number of amides is 2. The molecule has 0 aliphatic carbocycles. The Morgan fingerprint density at radius 3 is 2.88 bits per heavy atom. The fraction of sp³-hybridized carbons (Fsp3) is 0.529. The van der Waals surface area contributed by atoms with Gasteiger partial charge >= 0.3 is 0 Å². The molecule has 1 aliphatic rings. The van der Waals surface area contributed by atoms with Gasteiger partial charge in [0.05, 0.1) is 26.2 Å². The number of β-amino-alcohol motifs (C(OH)–C–C–N with tert-alkyl or cyclic N) is 1. The minimum Gasteiger partial charge on any atom is -0.385 e. The van der Waals surface area contributed by atoms with Gasteiger partial charge in [-0.25, -0.2) is 4.39 Å². The molecule has 1 atom stereocenters. The third-order valence-electron chi connectivity index (χ3n) is 4.02. The Morgan fingerprint density at radius 1 is 1.46 bits per heavy atom. The first kappa shape index (κ1) is 18.4. The number of hydrogen-bond acceptors (Lipinski definition) is 4. The monoisotopic (exact) mass is 338 g/mol. The van der Waals surface area contributed by atoms with Gasteiger partial charge in [0.2, 0.25) is 11.8 Å². The van der Waals surface area contributed by atoms with Crippen LogP contribution in [0.3, 0.4) is 0 Å². The Morgan fingerprint density at radius 2 is 2.21 bits per heavy atom. The first-order chi connectivity index (χ1) is 11.3. The van der Waals surface area contributed by atoms with Crippen molar-refractivity contribution in [3.8, 4) is 0 Å². The van der Waals surface area contributed by atoms with Crippen LogP contribution < -0.4 is 0 Å². The summed E-state index contributed by atoms with van der Waals surface area (Å²) in [5.41, 5.74) is -0.754. The molecular formula is C17H23FN2O4. The van der Waals surface area contributed by atoms with Crippen molar-refractivity contribution in [2.75, 3.05) is 33.4 Å². The van der Waals surface area contributed by atoms with Gasteiger partial charge in [0.25, 0.3) is 0 Å². The van der Waals surface area contributed by atoms with Gasteiger partial charge in [0, 0.05) is 27.1 Å². The Labute approximate surface area is 140 Å². The van der Waals surface area contributed by atoms with Gasteiger partial charge in [-0.1, -0.05) is 12.1 Å². The molecule has 0 aromatic heterocycles. The van der Waals surface area contributed by atoms with Gasteiger partial charge in [-0.05, 0) is 17.7 Å². The molecule has 1 heterocycles. The van der Waals surface area contributed by atoms with E-state index in [1.807, 2.05) is 0 Å². The SMILES string of the molecule is CC(=O)N1CCOC[C@@](O)(CC(=O)N(C)Cc2cccc(F)c2)C1. The Balaban J connectivity index is 1.99. The summed E-state index contributed by atoms with van der Waals surface area (Å²) < 4.78 is 18.6. The van der Waals surface area contributed by atoms with Gasteiger partial charge in [-0.15, -0.1) is 0 Å². The quantitative estimate of drug-likeness (QED) is 0.881. The van der Waals surface area contributed by atoms with Crippen molar-refractivity contribution < 1.29 is 23.8 Å². The maximum atomic E-state index is 13.2. The smallest absolute Gasteiger partial charge is 0.225 e. The molecule has 6 nitrogen and oxygen atoms in total. The Bertz CT molecular complexity index is 610. The van der Waals surface area contributed by atoms with Gasteiger partial charge in [0.15, 0.2) is 0 Å². The van der Waals surface area contributed by atoms with Crippen LogP contribution in [0.1, 0.15) is 18.9 Å². The van der Waals surface area contributed by atoms with Crippen LogP contribution in [0.2, 0.25) is 0 Å². The van der Waals surface area contributed by atoms with E-state index in [-0.39, 0.29) is 43.7 Å². The summed E-state index contributed by atoms with van der Waals surface area (Å²) in [5.74, 6) is -0.823. The van der Waals surface area contributed by atoms with Crippen LogP contribution in [-0.4, -0.2) is 65.7 Å². The van der Waals surface area contributed by atoms with E-state index >= 15 is 0 Å². The van der Waals surface area contributed by atoms with Crippen molar-refractivity contribution >= 4 is 11.8 Å². The molecule has 24 heavy (non-hydrogen) atoms. The number of halogens is 1. The average Bonchev–Trinajstić information content (AvgIpc) is 2.69. The number of hydrogen-bond donors (Lipinski definition) is 1. The lowest BCUT2D eigenvalue weighted by Crippen LogP contribution is -2.48. The number of ether oxygens (including phenoxy) is 1. The number of aliphatic hydroxyl groups is 1. The molecule has 1 fully saturated rings. The summed E-state index contributed by atoms with van der Waals surface area (Å²) in [6, 6.07) is 6.02. The minimum absolute atomic E-state index is 0.00365. The van der Waals surface area contributed by atoms with E-state index in [1.54, 1.807) is 19.2 Å². The first-order valence-electron chi connectivity index (χ1n) is 7.83. The van der Waals surface area contributed by atoms with Gasteiger partial charge in [0.1, 0.15) is 11.4 Å². The number of benzene rings is 1. The van der Waals surface area contributed by atoms with E-state index in [0.29, 0.717) is 18.7 Å². The normalized spacial score (nSPS) is 21.2. The molecule has 1 aromatic carbocycles. The molecule has 1 aromatic rings. The first-order valence-corrected chi connectivity index (χ1v) is 7.83. The van der Waals surface area contributed by atoms with Crippen LogP contribution >= 0.6 is 0 Å². The van der Waals surface area contributed by atoms with Crippen LogP contribution in [0.15, 0.2) is 24.3 Å². The molecule has 0 radical (unpaired) electrons. The summed E-state index contributed by atoms with van der Waals surface area (Å²) in [6.45, 7) is 2.44. The van der Waals surface area contributed by atoms with Crippen LogP contribution in [0.4, 0.5) is 4.39 Å². The molecule has 1 aliphatic heterocycles. The van der Waals surface area contributed by atoms with Crippen LogP contribution in [0.5, 0.6) is 0 Å². The second-order valence-corrected chi connectivity index (χ2v) is 6.27. The summed E-state index contributed by atoms with van der Waals surface area (Å²) in [6.07, 6.45) is -0.164. The summed E-state index contributed by atoms with van der Waals surface area (Å²) >= 11 is 0. The summed E-state index contributed by atoms with van der Waals surface area (Å²) in [7, 11) is 1.59. The zero-order valence-corrected chi connectivity index (χ0v) is 14.0. The van der Waals surface area contributed by atoms with E-state index in [0.717, 1.165) is 0 Å². The predicted octanol–water partition coefficient (Wildman–Crippen LogP) is 0.784. The third-order valence-corrected chi connectivity index (χ3v) is 4.02. The summed E-state index contributed by atoms with van der Waals surface area (Å²) in [4.78, 5) is 26.9. The molecule has 132 valence electrons. The number of carbonyl (C=O) groups excluding carboxylic acids is 2. The van der Waals surface area contributed by atoms with Crippen molar-refractivity contribution in [3.63, 3.8) is 0 Å². The molecule has 1 saturated heterocycles. The number of carbonyl (C=O) groups is 2. The van der Waals surface area contributed by atoms with E-state index in [2.05, 4.69) is 0 Å². The third kappa shape index (κ3) is 5.01. The van der Waals surface area contributed by atoms with Crippen molar-refractivity contribution in [2.24, 2.45) is 0 Å². The fourth-order valence-electron chi connectivity index (χ4n) is 2.71. The highest BCUT2D eigenvalue weighted by Crippen LogP contribution is 2.19. The second-order valence-electron chi connectivity index (χ2n) is 6.27. The minimum atomic E-state index is -1.42. The van der Waals surface area contributed by atoms with Crippen LogP contribution in [0, 0.1) is 5.82 Å². The van der Waals surface area contributed by atoms with Crippen molar-refractivity contribution in [3.05, 3.63) is 35.6 Å². The van der Waals surface area contributed by atoms with Gasteiger partial charge < -0.3 is 19.6 Å². The molecule has 2 rings (SSSR count). The van der Waals surface area contributed by atoms with Crippen molar-refractivity contribution in [2.45, 2.75) is 25.5 Å². The zero-order chi connectivity index (χ0) is 17.7. The largest absolute Gasteiger partial charge is 0.385 e. The van der Waals surface area contributed by atoms with E-state index in [9.17, 15) is 19.1 Å². The maximum absolute atomic E-state index is 13.2. The average molecular weight is 338 g/mol. The lowest BCUT2D eigenvalue weighted by atomic mass is 9.99. The standard InChI is InChI=1S/C17H23FN2O4/c1-13(21)20-6-7-24-12-17(23,11-20)9-16(22)19(2)10-14-4-3-5-15(18)8-14/h3-5,8,23H,6-7,9-12H2,1-2H3/t17-/m1/s1. The Kier molecular flexibility index (Phi) is 5.90. The number of rotatable bonds is 4. The highest BCUT2D eigenvalue weighted by atomic mass is 19.1. The predicted molar refractivity (Wildman–Crippen MR) is 85.5 cm³/mol. The molecule has 0 saturated carbocycles. The lowest BCUT2D eigenvalue weighted by molar-refractivity contribution is -0.141. The fourth-order valence-corrected chi connectivity index (χ4v) is 2.71. The Hall–Kier alpha value is -1.99. The topological polar surface area (TPSA) is 70.1 Å². The van der Waals surface area contributed by atoms with Crippen molar-refractivity contribution in [1.82, 2.24) is 9.80 Å². The molecule has 0 spiro atoms. The van der Waals surface area contributed by atoms with Crippen LogP contribution in [-0.2, 0) is 20.9 Å². The highest BCUT2D eigenvalue weighted by molar-refractivity contribution is 5.77. The molecule has 2 amide bonds. The molecule has 7 heteroatoms. The zero-order valence-electron chi connectivity index (χ0n) is 14.0. The maximum Gasteiger partial charge on any atom is 0.225 e. The van der Waals surface area contributed by atoms with Crippen molar-refractivity contribution in [1.29, 1.82) is 0 Å². The second kappa shape index (κ2) is 7.72. The molecule has 1 N–H and O–H groups in total.